The molecule has 0 aliphatic heterocycles. The molecule has 0 fully saturated rings. The van der Waals surface area contributed by atoms with Crippen LogP contribution in [0.5, 0.6) is 0 Å². The Morgan fingerprint density at radius 1 is 1.67 bits per heavy atom. The molecule has 4 heteroatoms. The van der Waals surface area contributed by atoms with Crippen LogP contribution in [0.25, 0.3) is 0 Å². The lowest BCUT2D eigenvalue weighted by atomic mass is 10.3. The number of aromatic nitrogens is 2. The van der Waals surface area contributed by atoms with E-state index >= 15 is 0 Å². The molecule has 0 amide bonds. The average molecular weight is 168 g/mol. The van der Waals surface area contributed by atoms with Crippen LogP contribution in [-0.2, 0) is 13.6 Å². The lowest BCUT2D eigenvalue weighted by molar-refractivity contribution is 0.582. The molecule has 3 N–H and O–H groups in total. The van der Waals surface area contributed by atoms with Crippen molar-refractivity contribution < 1.29 is 0 Å². The number of hydrogen-bond acceptors (Lipinski definition) is 3. The Kier molecular flexibility index (Phi) is 2.70. The molecule has 0 atom stereocenters. The number of nitrogen functional groups attached to an aromatic ring is 1. The Bertz CT molecular complexity index is 232. The summed E-state index contributed by atoms with van der Waals surface area (Å²) in [6.45, 7) is 4.99. The highest BCUT2D eigenvalue weighted by Crippen LogP contribution is 2.01. The first kappa shape index (κ1) is 9.06. The monoisotopic (exact) mass is 168 g/mol. The summed E-state index contributed by atoms with van der Waals surface area (Å²) in [6.07, 6.45) is 1.94. The Hall–Kier alpha value is -1.03. The van der Waals surface area contributed by atoms with E-state index in [2.05, 4.69) is 24.1 Å². The van der Waals surface area contributed by atoms with Gasteiger partial charge in [0, 0.05) is 25.8 Å². The van der Waals surface area contributed by atoms with Crippen molar-refractivity contribution in [2.75, 3.05) is 5.73 Å². The third-order valence-corrected chi connectivity index (χ3v) is 1.65. The fraction of sp³-hybridized carbons (Fsp3) is 0.625. The summed E-state index contributed by atoms with van der Waals surface area (Å²) < 4.78 is 1.82. The second-order valence-electron chi connectivity index (χ2n) is 3.24. The zero-order valence-corrected chi connectivity index (χ0v) is 7.83. The van der Waals surface area contributed by atoms with Gasteiger partial charge in [0.25, 0.3) is 0 Å². The largest absolute Gasteiger partial charge is 0.369 e. The van der Waals surface area contributed by atoms with Crippen LogP contribution in [0.15, 0.2) is 6.20 Å². The Balaban J connectivity index is 2.53. The van der Waals surface area contributed by atoms with E-state index in [0.717, 1.165) is 12.2 Å². The van der Waals surface area contributed by atoms with Gasteiger partial charge in [-0.3, -0.25) is 0 Å². The number of nitrogens with zero attached hydrogens (tertiary/aromatic N) is 2. The predicted molar refractivity (Wildman–Crippen MR) is 49.6 cm³/mol. The van der Waals surface area contributed by atoms with E-state index in [9.17, 15) is 0 Å². The maximum Gasteiger partial charge on any atom is 0.200 e. The summed E-state index contributed by atoms with van der Waals surface area (Å²) in [5.41, 5.74) is 6.56. The molecule has 1 heterocycles. The molecule has 1 rings (SSSR count). The molecular formula is C8H16N4. The van der Waals surface area contributed by atoms with Crippen LogP contribution >= 0.6 is 0 Å². The third-order valence-electron chi connectivity index (χ3n) is 1.65. The van der Waals surface area contributed by atoms with Crippen LogP contribution < -0.4 is 11.1 Å². The molecule has 0 aliphatic rings. The standard InChI is InChI=1S/C8H16N4/c1-6(2)10-4-7-5-12(3)8(9)11-7/h5-6,10H,4H2,1-3H3,(H2,9,11). The molecule has 0 radical (unpaired) electrons. The molecule has 0 bridgehead atoms. The summed E-state index contributed by atoms with van der Waals surface area (Å²) in [4.78, 5) is 4.16. The van der Waals surface area contributed by atoms with Crippen molar-refractivity contribution in [3.8, 4) is 0 Å². The predicted octanol–water partition coefficient (Wildman–Crippen LogP) is 0.500. The van der Waals surface area contributed by atoms with Crippen molar-refractivity contribution in [3.05, 3.63) is 11.9 Å². The zero-order chi connectivity index (χ0) is 9.14. The summed E-state index contributed by atoms with van der Waals surface area (Å²) in [7, 11) is 1.89. The second-order valence-corrected chi connectivity index (χ2v) is 3.24. The lowest BCUT2D eigenvalue weighted by Gasteiger charge is -2.04. The van der Waals surface area contributed by atoms with E-state index < -0.39 is 0 Å². The molecule has 4 nitrogen and oxygen atoms in total. The van der Waals surface area contributed by atoms with Crippen molar-refractivity contribution in [2.45, 2.75) is 26.4 Å². The van der Waals surface area contributed by atoms with Crippen LogP contribution in [0, 0.1) is 0 Å². The number of aryl methyl sites for hydroxylation is 1. The number of nitrogens with two attached hydrogens (primary N) is 1. The lowest BCUT2D eigenvalue weighted by Crippen LogP contribution is -2.21. The van der Waals surface area contributed by atoms with E-state index in [1.54, 1.807) is 0 Å². The van der Waals surface area contributed by atoms with Gasteiger partial charge < -0.3 is 15.6 Å². The molecule has 0 spiro atoms. The van der Waals surface area contributed by atoms with E-state index in [0.29, 0.717) is 12.0 Å². The number of anilines is 1. The Morgan fingerprint density at radius 3 is 2.75 bits per heavy atom. The molecule has 0 aliphatic carbocycles. The third kappa shape index (κ3) is 2.23. The summed E-state index contributed by atoms with van der Waals surface area (Å²) in [5, 5.41) is 3.27. The number of rotatable bonds is 3. The molecule has 12 heavy (non-hydrogen) atoms. The number of imidazole rings is 1. The van der Waals surface area contributed by atoms with E-state index in [1.165, 1.54) is 0 Å². The molecule has 1 aromatic heterocycles. The molecule has 0 unspecified atom stereocenters. The van der Waals surface area contributed by atoms with Gasteiger partial charge in [0.15, 0.2) is 5.95 Å². The van der Waals surface area contributed by atoms with Crippen molar-refractivity contribution in [3.63, 3.8) is 0 Å². The van der Waals surface area contributed by atoms with Crippen LogP contribution in [0.3, 0.4) is 0 Å². The maximum absolute atomic E-state index is 5.57. The minimum absolute atomic E-state index is 0.480. The van der Waals surface area contributed by atoms with E-state index in [1.807, 2.05) is 17.8 Å². The molecule has 0 aromatic carbocycles. The molecule has 0 saturated carbocycles. The van der Waals surface area contributed by atoms with Gasteiger partial charge in [-0.2, -0.15) is 0 Å². The van der Waals surface area contributed by atoms with Gasteiger partial charge in [0.1, 0.15) is 0 Å². The van der Waals surface area contributed by atoms with Crippen molar-refractivity contribution in [1.82, 2.24) is 14.9 Å². The topological polar surface area (TPSA) is 55.9 Å². The van der Waals surface area contributed by atoms with Crippen LogP contribution in [0.2, 0.25) is 0 Å². The Labute approximate surface area is 72.8 Å². The van der Waals surface area contributed by atoms with E-state index in [4.69, 9.17) is 5.73 Å². The normalized spacial score (nSPS) is 11.0. The second kappa shape index (κ2) is 3.58. The zero-order valence-electron chi connectivity index (χ0n) is 7.83. The van der Waals surface area contributed by atoms with E-state index in [-0.39, 0.29) is 0 Å². The highest BCUT2D eigenvalue weighted by molar-refractivity contribution is 5.21. The van der Waals surface area contributed by atoms with Gasteiger partial charge in [0.05, 0.1) is 5.69 Å². The van der Waals surface area contributed by atoms with Gasteiger partial charge in [-0.25, -0.2) is 4.98 Å². The fourth-order valence-corrected chi connectivity index (χ4v) is 0.938. The first-order chi connectivity index (χ1) is 5.59. The maximum atomic E-state index is 5.57. The highest BCUT2D eigenvalue weighted by Gasteiger charge is 2.01. The smallest absolute Gasteiger partial charge is 0.200 e. The minimum Gasteiger partial charge on any atom is -0.369 e. The quantitative estimate of drug-likeness (QED) is 0.691. The van der Waals surface area contributed by atoms with Crippen LogP contribution in [0.4, 0.5) is 5.95 Å². The first-order valence-corrected chi connectivity index (χ1v) is 4.10. The van der Waals surface area contributed by atoms with Crippen molar-refractivity contribution >= 4 is 5.95 Å². The van der Waals surface area contributed by atoms with Gasteiger partial charge in [0.2, 0.25) is 0 Å². The molecule has 1 aromatic rings. The highest BCUT2D eigenvalue weighted by atomic mass is 15.1. The summed E-state index contributed by atoms with van der Waals surface area (Å²) in [6, 6.07) is 0.480. The SMILES string of the molecule is CC(C)NCc1cn(C)c(N)n1. The van der Waals surface area contributed by atoms with Gasteiger partial charge >= 0.3 is 0 Å². The summed E-state index contributed by atoms with van der Waals surface area (Å²) in [5.74, 6) is 0.565. The summed E-state index contributed by atoms with van der Waals surface area (Å²) >= 11 is 0. The molecular weight excluding hydrogens is 152 g/mol. The number of hydrogen-bond donors (Lipinski definition) is 2. The van der Waals surface area contributed by atoms with Crippen molar-refractivity contribution in [1.29, 1.82) is 0 Å². The van der Waals surface area contributed by atoms with Gasteiger partial charge in [-0.1, -0.05) is 13.8 Å². The molecule has 68 valence electrons. The van der Waals surface area contributed by atoms with Gasteiger partial charge in [-0.05, 0) is 0 Å². The Morgan fingerprint density at radius 2 is 2.33 bits per heavy atom. The average Bonchev–Trinajstić information content (AvgIpc) is 2.28. The minimum atomic E-state index is 0.480. The van der Waals surface area contributed by atoms with Gasteiger partial charge in [-0.15, -0.1) is 0 Å². The van der Waals surface area contributed by atoms with Crippen LogP contribution in [0.1, 0.15) is 19.5 Å². The van der Waals surface area contributed by atoms with Crippen LogP contribution in [-0.4, -0.2) is 15.6 Å². The number of nitrogens with one attached hydrogen (secondary N) is 1. The van der Waals surface area contributed by atoms with Crippen molar-refractivity contribution in [2.24, 2.45) is 7.05 Å². The molecule has 0 saturated heterocycles. The fourth-order valence-electron chi connectivity index (χ4n) is 0.938. The first-order valence-electron chi connectivity index (χ1n) is 4.10.